The van der Waals surface area contributed by atoms with Crippen LogP contribution in [0.1, 0.15) is 12.5 Å². The van der Waals surface area contributed by atoms with Crippen molar-refractivity contribution in [3.63, 3.8) is 0 Å². The number of carbonyl (C=O) groups excluding carboxylic acids is 1. The van der Waals surface area contributed by atoms with Crippen molar-refractivity contribution >= 4 is 23.2 Å². The van der Waals surface area contributed by atoms with Crippen molar-refractivity contribution in [2.45, 2.75) is 20.0 Å². The lowest BCUT2D eigenvalue weighted by molar-refractivity contribution is -0.122. The molecule has 1 N–H and O–H groups in total. The van der Waals surface area contributed by atoms with Crippen LogP contribution >= 0.6 is 11.6 Å². The zero-order valence-corrected chi connectivity index (χ0v) is 13.5. The van der Waals surface area contributed by atoms with Gasteiger partial charge in [0.05, 0.1) is 7.11 Å². The van der Waals surface area contributed by atoms with Gasteiger partial charge in [0.15, 0.2) is 6.10 Å². The fourth-order valence-corrected chi connectivity index (χ4v) is 1.98. The molecule has 2 rings (SSSR count). The second kappa shape index (κ2) is 7.18. The van der Waals surface area contributed by atoms with Crippen molar-refractivity contribution in [1.82, 2.24) is 0 Å². The molecule has 0 saturated heterocycles. The molecule has 0 fully saturated rings. The van der Waals surface area contributed by atoms with E-state index >= 15 is 0 Å². The van der Waals surface area contributed by atoms with Crippen LogP contribution in [-0.2, 0) is 4.79 Å². The summed E-state index contributed by atoms with van der Waals surface area (Å²) in [4.78, 5) is 12.1. The highest BCUT2D eigenvalue weighted by atomic mass is 35.5. The third-order valence-corrected chi connectivity index (χ3v) is 3.59. The summed E-state index contributed by atoms with van der Waals surface area (Å²) in [7, 11) is 1.59. The number of carbonyl (C=O) groups is 1. The van der Waals surface area contributed by atoms with Gasteiger partial charge in [0.2, 0.25) is 0 Å². The third-order valence-electron chi connectivity index (χ3n) is 3.17. The van der Waals surface area contributed by atoms with E-state index in [0.717, 1.165) is 11.3 Å². The summed E-state index contributed by atoms with van der Waals surface area (Å²) in [5.41, 5.74) is 1.59. The first kappa shape index (κ1) is 16.2. The molecular formula is C17H18ClNO3. The zero-order valence-electron chi connectivity index (χ0n) is 12.7. The van der Waals surface area contributed by atoms with E-state index in [4.69, 9.17) is 21.1 Å². The van der Waals surface area contributed by atoms with Crippen LogP contribution in [0, 0.1) is 6.92 Å². The molecule has 0 aliphatic carbocycles. The predicted octanol–water partition coefficient (Wildman–Crippen LogP) is 4.06. The highest BCUT2D eigenvalue weighted by Gasteiger charge is 2.15. The smallest absolute Gasteiger partial charge is 0.265 e. The standard InChI is InChI=1S/C17H18ClNO3/c1-11-10-15(8-9-16(11)18)22-12(2)17(20)19-13-4-6-14(21-3)7-5-13/h4-10,12H,1-3H3,(H,19,20)/t12-/m1/s1. The van der Waals surface area contributed by atoms with E-state index in [1.807, 2.05) is 6.92 Å². The van der Waals surface area contributed by atoms with E-state index in [1.54, 1.807) is 56.5 Å². The topological polar surface area (TPSA) is 47.6 Å². The Morgan fingerprint density at radius 2 is 1.77 bits per heavy atom. The van der Waals surface area contributed by atoms with Crippen LogP contribution < -0.4 is 14.8 Å². The van der Waals surface area contributed by atoms with E-state index < -0.39 is 6.10 Å². The van der Waals surface area contributed by atoms with Crippen LogP contribution in [0.3, 0.4) is 0 Å². The first-order chi connectivity index (χ1) is 10.5. The van der Waals surface area contributed by atoms with Crippen LogP contribution in [0.15, 0.2) is 42.5 Å². The van der Waals surface area contributed by atoms with Gasteiger partial charge in [0, 0.05) is 10.7 Å². The van der Waals surface area contributed by atoms with Crippen molar-refractivity contribution in [2.75, 3.05) is 12.4 Å². The van der Waals surface area contributed by atoms with Crippen LogP contribution in [0.4, 0.5) is 5.69 Å². The molecule has 2 aromatic carbocycles. The summed E-state index contributed by atoms with van der Waals surface area (Å²) in [6, 6.07) is 12.4. The summed E-state index contributed by atoms with van der Waals surface area (Å²) in [5.74, 6) is 1.12. The first-order valence-electron chi connectivity index (χ1n) is 6.87. The van der Waals surface area contributed by atoms with Crippen LogP contribution in [0.5, 0.6) is 11.5 Å². The molecule has 4 nitrogen and oxygen atoms in total. The number of halogens is 1. The maximum atomic E-state index is 12.1. The largest absolute Gasteiger partial charge is 0.497 e. The number of methoxy groups -OCH3 is 1. The number of ether oxygens (including phenoxy) is 2. The second-order valence-corrected chi connectivity index (χ2v) is 5.30. The minimum atomic E-state index is -0.623. The Morgan fingerprint density at radius 3 is 2.36 bits per heavy atom. The molecule has 0 unspecified atom stereocenters. The van der Waals surface area contributed by atoms with E-state index in [0.29, 0.717) is 16.5 Å². The molecule has 0 aromatic heterocycles. The van der Waals surface area contributed by atoms with Gasteiger partial charge in [-0.25, -0.2) is 0 Å². The molecular weight excluding hydrogens is 302 g/mol. The molecule has 0 heterocycles. The average molecular weight is 320 g/mol. The highest BCUT2D eigenvalue weighted by Crippen LogP contribution is 2.22. The number of rotatable bonds is 5. The van der Waals surface area contributed by atoms with Crippen LogP contribution in [0.2, 0.25) is 5.02 Å². The Hall–Kier alpha value is -2.20. The third kappa shape index (κ3) is 4.15. The van der Waals surface area contributed by atoms with Crippen molar-refractivity contribution in [3.05, 3.63) is 53.1 Å². The second-order valence-electron chi connectivity index (χ2n) is 4.89. The molecule has 5 heteroatoms. The van der Waals surface area contributed by atoms with Crippen molar-refractivity contribution in [3.8, 4) is 11.5 Å². The molecule has 0 aliphatic heterocycles. The number of benzene rings is 2. The van der Waals surface area contributed by atoms with Gasteiger partial charge in [-0.3, -0.25) is 4.79 Å². The maximum absolute atomic E-state index is 12.1. The Kier molecular flexibility index (Phi) is 5.28. The summed E-state index contributed by atoms with van der Waals surface area (Å²) in [6.45, 7) is 3.58. The van der Waals surface area contributed by atoms with E-state index in [1.165, 1.54) is 0 Å². The van der Waals surface area contributed by atoms with Gasteiger partial charge in [-0.2, -0.15) is 0 Å². The Labute approximate surface area is 135 Å². The lowest BCUT2D eigenvalue weighted by atomic mass is 10.2. The monoisotopic (exact) mass is 319 g/mol. The summed E-state index contributed by atoms with van der Waals surface area (Å²) in [6.07, 6.45) is -0.623. The lowest BCUT2D eigenvalue weighted by Gasteiger charge is -2.15. The molecule has 0 spiro atoms. The molecule has 22 heavy (non-hydrogen) atoms. The van der Waals surface area contributed by atoms with Gasteiger partial charge >= 0.3 is 0 Å². The van der Waals surface area contributed by atoms with Gasteiger partial charge in [0.1, 0.15) is 11.5 Å². The van der Waals surface area contributed by atoms with Crippen LogP contribution in [-0.4, -0.2) is 19.1 Å². The molecule has 0 saturated carbocycles. The summed E-state index contributed by atoms with van der Waals surface area (Å²) < 4.78 is 10.7. The SMILES string of the molecule is COc1ccc(NC(=O)[C@@H](C)Oc2ccc(Cl)c(C)c2)cc1. The van der Waals surface area contributed by atoms with E-state index in [-0.39, 0.29) is 5.91 Å². The fraction of sp³-hybridized carbons (Fsp3) is 0.235. The predicted molar refractivity (Wildman–Crippen MR) is 87.9 cm³/mol. The lowest BCUT2D eigenvalue weighted by Crippen LogP contribution is -2.30. The first-order valence-corrected chi connectivity index (χ1v) is 7.25. The molecule has 1 atom stereocenters. The molecule has 116 valence electrons. The number of hydrogen-bond acceptors (Lipinski definition) is 3. The number of anilines is 1. The van der Waals surface area contributed by atoms with Gasteiger partial charge < -0.3 is 14.8 Å². The minimum Gasteiger partial charge on any atom is -0.497 e. The Balaban J connectivity index is 1.97. The van der Waals surface area contributed by atoms with Gasteiger partial charge in [0.25, 0.3) is 5.91 Å². The van der Waals surface area contributed by atoms with Crippen LogP contribution in [0.25, 0.3) is 0 Å². The molecule has 2 aromatic rings. The normalized spacial score (nSPS) is 11.6. The summed E-state index contributed by atoms with van der Waals surface area (Å²) in [5, 5.41) is 3.46. The number of amides is 1. The molecule has 0 aliphatic rings. The van der Waals surface area contributed by atoms with Gasteiger partial charge in [-0.1, -0.05) is 11.6 Å². The molecule has 1 amide bonds. The zero-order chi connectivity index (χ0) is 16.1. The number of aryl methyl sites for hydroxylation is 1. The van der Waals surface area contributed by atoms with Crippen molar-refractivity contribution in [1.29, 1.82) is 0 Å². The fourth-order valence-electron chi connectivity index (χ4n) is 1.87. The highest BCUT2D eigenvalue weighted by molar-refractivity contribution is 6.31. The minimum absolute atomic E-state index is 0.224. The van der Waals surface area contributed by atoms with E-state index in [9.17, 15) is 4.79 Å². The van der Waals surface area contributed by atoms with Crippen molar-refractivity contribution < 1.29 is 14.3 Å². The molecule has 0 radical (unpaired) electrons. The molecule has 0 bridgehead atoms. The maximum Gasteiger partial charge on any atom is 0.265 e. The average Bonchev–Trinajstić information content (AvgIpc) is 2.51. The van der Waals surface area contributed by atoms with E-state index in [2.05, 4.69) is 5.32 Å². The summed E-state index contributed by atoms with van der Waals surface area (Å²) >= 11 is 5.97. The number of nitrogens with one attached hydrogen (secondary N) is 1. The quantitative estimate of drug-likeness (QED) is 0.904. The van der Waals surface area contributed by atoms with Crippen molar-refractivity contribution in [2.24, 2.45) is 0 Å². The van der Waals surface area contributed by atoms with Gasteiger partial charge in [-0.05, 0) is 61.9 Å². The number of hydrogen-bond donors (Lipinski definition) is 1. The Bertz CT molecular complexity index is 655. The van der Waals surface area contributed by atoms with Gasteiger partial charge in [-0.15, -0.1) is 0 Å². The Morgan fingerprint density at radius 1 is 1.14 bits per heavy atom.